The highest BCUT2D eigenvalue weighted by Gasteiger charge is 2.13. The Hall–Kier alpha value is -3.02. The van der Waals surface area contributed by atoms with Crippen molar-refractivity contribution in [3.8, 4) is 11.5 Å². The summed E-state index contributed by atoms with van der Waals surface area (Å²) in [6.07, 6.45) is -0.0104. The number of hydrazine groups is 1. The molecule has 126 valence electrons. The number of hydrogen-bond donors (Lipinski definition) is 2. The Balaban J connectivity index is 2.03. The van der Waals surface area contributed by atoms with Gasteiger partial charge in [0.25, 0.3) is 11.8 Å². The summed E-state index contributed by atoms with van der Waals surface area (Å²) in [4.78, 5) is 24.1. The van der Waals surface area contributed by atoms with Gasteiger partial charge in [-0.25, -0.2) is 0 Å². The molecule has 2 amide bonds. The predicted octanol–water partition coefficient (Wildman–Crippen LogP) is 2.56. The summed E-state index contributed by atoms with van der Waals surface area (Å²) < 4.78 is 10.8. The minimum atomic E-state index is -0.450. The number of amides is 2. The Kier molecular flexibility index (Phi) is 5.78. The smallest absolute Gasteiger partial charge is 0.269 e. The van der Waals surface area contributed by atoms with Gasteiger partial charge in [0.15, 0.2) is 11.5 Å². The highest BCUT2D eigenvalue weighted by atomic mass is 16.5. The van der Waals surface area contributed by atoms with E-state index < -0.39 is 11.8 Å². The van der Waals surface area contributed by atoms with E-state index in [0.717, 1.165) is 0 Å². The molecule has 0 aliphatic heterocycles. The van der Waals surface area contributed by atoms with Crippen molar-refractivity contribution in [2.75, 3.05) is 7.11 Å². The number of nitrogens with one attached hydrogen (secondary N) is 2. The van der Waals surface area contributed by atoms with Crippen LogP contribution in [0.2, 0.25) is 0 Å². The molecule has 0 bridgehead atoms. The molecule has 0 atom stereocenters. The zero-order valence-corrected chi connectivity index (χ0v) is 13.8. The van der Waals surface area contributed by atoms with Gasteiger partial charge >= 0.3 is 0 Å². The van der Waals surface area contributed by atoms with E-state index in [0.29, 0.717) is 22.6 Å². The first-order valence-electron chi connectivity index (χ1n) is 7.51. The normalized spacial score (nSPS) is 10.2. The van der Waals surface area contributed by atoms with E-state index >= 15 is 0 Å². The van der Waals surface area contributed by atoms with Crippen LogP contribution in [0.15, 0.2) is 48.5 Å². The fraction of sp³-hybridized carbons (Fsp3) is 0.222. The van der Waals surface area contributed by atoms with Crippen LogP contribution < -0.4 is 20.3 Å². The lowest BCUT2D eigenvalue weighted by Crippen LogP contribution is -2.41. The van der Waals surface area contributed by atoms with Gasteiger partial charge in [-0.3, -0.25) is 20.4 Å². The van der Waals surface area contributed by atoms with E-state index in [-0.39, 0.29) is 6.10 Å². The van der Waals surface area contributed by atoms with E-state index in [4.69, 9.17) is 9.47 Å². The minimum absolute atomic E-state index is 0.0104. The molecule has 0 fully saturated rings. The average molecular weight is 328 g/mol. The third kappa shape index (κ3) is 4.49. The van der Waals surface area contributed by atoms with Crippen molar-refractivity contribution < 1.29 is 19.1 Å². The first kappa shape index (κ1) is 17.3. The number of hydrogen-bond acceptors (Lipinski definition) is 4. The van der Waals surface area contributed by atoms with Crippen molar-refractivity contribution in [3.63, 3.8) is 0 Å². The summed E-state index contributed by atoms with van der Waals surface area (Å²) in [6, 6.07) is 13.4. The lowest BCUT2D eigenvalue weighted by Gasteiger charge is -2.14. The van der Waals surface area contributed by atoms with E-state index in [1.807, 2.05) is 19.9 Å². The van der Waals surface area contributed by atoms with Gasteiger partial charge in [0, 0.05) is 11.1 Å². The summed E-state index contributed by atoms with van der Waals surface area (Å²) in [6.45, 7) is 3.80. The van der Waals surface area contributed by atoms with Crippen LogP contribution in [0.3, 0.4) is 0 Å². The van der Waals surface area contributed by atoms with Crippen molar-refractivity contribution in [1.29, 1.82) is 0 Å². The summed E-state index contributed by atoms with van der Waals surface area (Å²) in [5.41, 5.74) is 5.54. The molecule has 24 heavy (non-hydrogen) atoms. The predicted molar refractivity (Wildman–Crippen MR) is 90.1 cm³/mol. The molecule has 2 aromatic carbocycles. The maximum Gasteiger partial charge on any atom is 0.269 e. The monoisotopic (exact) mass is 328 g/mol. The Morgan fingerprint density at radius 2 is 1.50 bits per heavy atom. The second-order valence-corrected chi connectivity index (χ2v) is 5.31. The molecule has 0 spiro atoms. The third-order valence-electron chi connectivity index (χ3n) is 3.11. The van der Waals surface area contributed by atoms with E-state index in [1.54, 1.807) is 42.5 Å². The lowest BCUT2D eigenvalue weighted by molar-refractivity contribution is 0.0846. The molecule has 2 aromatic rings. The molecule has 2 rings (SSSR count). The van der Waals surface area contributed by atoms with Gasteiger partial charge in [-0.15, -0.1) is 0 Å². The van der Waals surface area contributed by atoms with E-state index in [9.17, 15) is 9.59 Å². The Bertz CT molecular complexity index is 714. The number of carbonyl (C=O) groups is 2. The molecular weight excluding hydrogens is 308 g/mol. The molecule has 0 aliphatic rings. The van der Waals surface area contributed by atoms with E-state index in [2.05, 4.69) is 10.9 Å². The highest BCUT2D eigenvalue weighted by Crippen LogP contribution is 2.28. The Labute approximate surface area is 140 Å². The molecule has 0 aromatic heterocycles. The topological polar surface area (TPSA) is 76.7 Å². The zero-order valence-electron chi connectivity index (χ0n) is 13.8. The second-order valence-electron chi connectivity index (χ2n) is 5.31. The molecule has 0 radical (unpaired) electrons. The zero-order chi connectivity index (χ0) is 17.5. The van der Waals surface area contributed by atoms with Crippen molar-refractivity contribution in [2.45, 2.75) is 20.0 Å². The molecule has 6 heteroatoms. The van der Waals surface area contributed by atoms with Gasteiger partial charge in [-0.05, 0) is 44.2 Å². The van der Waals surface area contributed by atoms with E-state index in [1.165, 1.54) is 7.11 Å². The average Bonchev–Trinajstić information content (AvgIpc) is 2.60. The van der Waals surface area contributed by atoms with Crippen LogP contribution in [0, 0.1) is 0 Å². The first-order valence-corrected chi connectivity index (χ1v) is 7.51. The fourth-order valence-corrected chi connectivity index (χ4v) is 2.01. The van der Waals surface area contributed by atoms with Crippen LogP contribution in [0.5, 0.6) is 11.5 Å². The summed E-state index contributed by atoms with van der Waals surface area (Å²) in [7, 11) is 1.50. The van der Waals surface area contributed by atoms with Crippen LogP contribution in [0.4, 0.5) is 0 Å². The number of rotatable bonds is 5. The van der Waals surface area contributed by atoms with Crippen LogP contribution in [0.25, 0.3) is 0 Å². The molecular formula is C18H20N2O4. The molecule has 0 saturated carbocycles. The molecule has 6 nitrogen and oxygen atoms in total. The third-order valence-corrected chi connectivity index (χ3v) is 3.11. The Morgan fingerprint density at radius 1 is 0.875 bits per heavy atom. The minimum Gasteiger partial charge on any atom is -0.493 e. The van der Waals surface area contributed by atoms with Crippen molar-refractivity contribution in [3.05, 3.63) is 59.7 Å². The number of benzene rings is 2. The highest BCUT2D eigenvalue weighted by molar-refractivity contribution is 5.99. The second kappa shape index (κ2) is 8.01. The van der Waals surface area contributed by atoms with Crippen LogP contribution >= 0.6 is 0 Å². The Morgan fingerprint density at radius 3 is 2.08 bits per heavy atom. The largest absolute Gasteiger partial charge is 0.493 e. The van der Waals surface area contributed by atoms with Gasteiger partial charge in [0.2, 0.25) is 0 Å². The summed E-state index contributed by atoms with van der Waals surface area (Å²) in [5, 5.41) is 0. The van der Waals surface area contributed by atoms with Crippen LogP contribution in [0.1, 0.15) is 34.6 Å². The molecule has 0 unspecified atom stereocenters. The van der Waals surface area contributed by atoms with Gasteiger partial charge < -0.3 is 9.47 Å². The fourth-order valence-electron chi connectivity index (χ4n) is 2.01. The quantitative estimate of drug-likeness (QED) is 0.827. The molecule has 0 aliphatic carbocycles. The first-order chi connectivity index (χ1) is 11.5. The number of carbonyl (C=O) groups excluding carboxylic acids is 2. The standard InChI is InChI=1S/C18H20N2O4/c1-12(2)24-15-10-9-14(11-16(15)23-3)18(22)20-19-17(21)13-7-5-4-6-8-13/h4-12H,1-3H3,(H,19,21)(H,20,22). The maximum absolute atomic E-state index is 12.2. The van der Waals surface area contributed by atoms with Crippen molar-refractivity contribution >= 4 is 11.8 Å². The molecule has 0 saturated heterocycles. The van der Waals surface area contributed by atoms with Crippen molar-refractivity contribution in [2.24, 2.45) is 0 Å². The summed E-state index contributed by atoms with van der Waals surface area (Å²) in [5.74, 6) is 0.160. The number of methoxy groups -OCH3 is 1. The van der Waals surface area contributed by atoms with Crippen molar-refractivity contribution in [1.82, 2.24) is 10.9 Å². The van der Waals surface area contributed by atoms with Gasteiger partial charge in [0.1, 0.15) is 0 Å². The van der Waals surface area contributed by atoms with Gasteiger partial charge in [0.05, 0.1) is 13.2 Å². The molecule has 2 N–H and O–H groups in total. The SMILES string of the molecule is COc1cc(C(=O)NNC(=O)c2ccccc2)ccc1OC(C)C. The van der Waals surface area contributed by atoms with Gasteiger partial charge in [-0.1, -0.05) is 18.2 Å². The lowest BCUT2D eigenvalue weighted by atomic mass is 10.2. The molecule has 0 heterocycles. The van der Waals surface area contributed by atoms with Crippen LogP contribution in [-0.4, -0.2) is 25.0 Å². The summed E-state index contributed by atoms with van der Waals surface area (Å²) >= 11 is 0. The maximum atomic E-state index is 12.2. The number of ether oxygens (including phenoxy) is 2. The van der Waals surface area contributed by atoms with Gasteiger partial charge in [-0.2, -0.15) is 0 Å². The van der Waals surface area contributed by atoms with Crippen LogP contribution in [-0.2, 0) is 0 Å².